The summed E-state index contributed by atoms with van der Waals surface area (Å²) in [6.45, 7) is 4.27. The summed E-state index contributed by atoms with van der Waals surface area (Å²) in [5.41, 5.74) is 11.1. The zero-order valence-electron chi connectivity index (χ0n) is 23.9. The first kappa shape index (κ1) is 18.1. The average molecular weight is 460 g/mol. The summed E-state index contributed by atoms with van der Waals surface area (Å²) < 4.78 is 31.6. The lowest BCUT2D eigenvalue weighted by molar-refractivity contribution is -0.660. The van der Waals surface area contributed by atoms with E-state index in [-0.39, 0.29) is 0 Å². The third kappa shape index (κ3) is 3.10. The van der Waals surface area contributed by atoms with Crippen molar-refractivity contribution in [3.8, 4) is 11.3 Å². The number of nitrogens with zero attached hydrogens (tertiary/aromatic N) is 1. The quantitative estimate of drug-likeness (QED) is 0.269. The van der Waals surface area contributed by atoms with E-state index in [4.69, 9.17) is 0 Å². The smallest absolute Gasteiger partial charge is 0.201 e. The van der Waals surface area contributed by atoms with Crippen LogP contribution in [0.2, 0.25) is 0 Å². The summed E-state index contributed by atoms with van der Waals surface area (Å²) in [5.74, 6) is -2.64. The highest BCUT2D eigenvalue weighted by Crippen LogP contribution is 2.56. The number of aryl methyl sites for hydroxylation is 3. The molecule has 2 bridgehead atoms. The van der Waals surface area contributed by atoms with E-state index in [2.05, 4.69) is 49.9 Å². The van der Waals surface area contributed by atoms with Gasteiger partial charge in [-0.3, -0.25) is 0 Å². The van der Waals surface area contributed by atoms with Gasteiger partial charge in [0.05, 0.1) is 0 Å². The zero-order valence-corrected chi connectivity index (χ0v) is 20.9. The van der Waals surface area contributed by atoms with Crippen LogP contribution >= 0.6 is 0 Å². The van der Waals surface area contributed by atoms with Crippen LogP contribution in [0.1, 0.15) is 104 Å². The first-order valence-corrected chi connectivity index (χ1v) is 13.1. The van der Waals surface area contributed by atoms with E-state index < -0.39 is 17.7 Å². The fourth-order valence-corrected chi connectivity index (χ4v) is 6.78. The fourth-order valence-electron chi connectivity index (χ4n) is 6.78. The summed E-state index contributed by atoms with van der Waals surface area (Å²) >= 11 is 0. The highest BCUT2D eigenvalue weighted by molar-refractivity contribution is 5.73. The van der Waals surface area contributed by atoms with Crippen molar-refractivity contribution in [2.45, 2.75) is 63.6 Å². The highest BCUT2D eigenvalue weighted by Gasteiger charge is 2.41. The van der Waals surface area contributed by atoms with Gasteiger partial charge < -0.3 is 0 Å². The van der Waals surface area contributed by atoms with Crippen LogP contribution in [0.25, 0.3) is 11.3 Å². The predicted octanol–water partition coefficient (Wildman–Crippen LogP) is 7.83. The van der Waals surface area contributed by atoms with Gasteiger partial charge in [0.15, 0.2) is 6.20 Å². The molecule has 4 aromatic rings. The molecule has 1 heteroatoms. The molecule has 0 aliphatic heterocycles. The van der Waals surface area contributed by atoms with E-state index in [0.717, 1.165) is 81.4 Å². The SMILES string of the molecule is [2H]C1(c2cc(-c3cc4c(cc3C)C3([2H])c5ccccc5C4([2H])c4ccccc43)[n+](C)cc2C)CCCCC1. The summed E-state index contributed by atoms with van der Waals surface area (Å²) in [5, 5.41) is 0. The van der Waals surface area contributed by atoms with Gasteiger partial charge in [0.2, 0.25) is 5.69 Å². The minimum atomic E-state index is -1.07. The van der Waals surface area contributed by atoms with Crippen LogP contribution in [0, 0.1) is 13.8 Å². The molecule has 0 amide bonds. The normalized spacial score (nSPS) is 26.7. The monoisotopic (exact) mass is 459 g/mol. The number of hydrogen-bond donors (Lipinski definition) is 0. The van der Waals surface area contributed by atoms with Crippen LogP contribution in [0.3, 0.4) is 0 Å². The van der Waals surface area contributed by atoms with Crippen molar-refractivity contribution in [2.24, 2.45) is 7.05 Å². The standard InChI is InChI=1S/C34H34N/c1-21-17-30-31(34-26-15-9-7-13-24(26)33(30)25-14-8-10-16-27(25)34)18-29(21)32-19-28(22(2)20-35(32)3)23-11-5-4-6-12-23/h7-10,13-20,23,33-34H,4-6,11-12H2,1-3H3/q+1/i23D,33D,34D. The molecule has 0 radical (unpaired) electrons. The Labute approximate surface area is 213 Å². The van der Waals surface area contributed by atoms with Crippen LogP contribution in [-0.4, -0.2) is 0 Å². The van der Waals surface area contributed by atoms with Gasteiger partial charge in [-0.25, -0.2) is 4.57 Å². The van der Waals surface area contributed by atoms with Crippen molar-refractivity contribution >= 4 is 0 Å². The number of aromatic nitrogens is 1. The van der Waals surface area contributed by atoms with Crippen LogP contribution in [0.15, 0.2) is 72.9 Å². The van der Waals surface area contributed by atoms with E-state index in [0.29, 0.717) is 0 Å². The zero-order chi connectivity index (χ0) is 26.4. The third-order valence-corrected chi connectivity index (χ3v) is 8.42. The molecule has 4 aliphatic carbocycles. The van der Waals surface area contributed by atoms with E-state index in [1.54, 1.807) is 0 Å². The average Bonchev–Trinajstić information content (AvgIpc) is 2.92. The molecule has 8 rings (SSSR count). The maximum Gasteiger partial charge on any atom is 0.212 e. The maximum atomic E-state index is 10.1. The number of hydrogen-bond acceptors (Lipinski definition) is 0. The van der Waals surface area contributed by atoms with Crippen LogP contribution < -0.4 is 4.57 Å². The molecule has 1 fully saturated rings. The Kier molecular flexibility index (Phi) is 4.10. The van der Waals surface area contributed by atoms with Crippen LogP contribution in [0.5, 0.6) is 0 Å². The highest BCUT2D eigenvalue weighted by atomic mass is 14.9. The van der Waals surface area contributed by atoms with Crippen molar-refractivity contribution in [1.82, 2.24) is 0 Å². The lowest BCUT2D eigenvalue weighted by atomic mass is 9.60. The van der Waals surface area contributed by atoms with Gasteiger partial charge in [-0.15, -0.1) is 0 Å². The molecule has 3 aromatic carbocycles. The van der Waals surface area contributed by atoms with Crippen molar-refractivity contribution in [3.05, 3.63) is 123 Å². The van der Waals surface area contributed by atoms with Gasteiger partial charge in [0.1, 0.15) is 7.05 Å². The number of pyridine rings is 1. The van der Waals surface area contributed by atoms with Crippen molar-refractivity contribution in [1.29, 1.82) is 0 Å². The molecule has 0 atom stereocenters. The number of rotatable bonds is 2. The van der Waals surface area contributed by atoms with Crippen molar-refractivity contribution in [2.75, 3.05) is 0 Å². The van der Waals surface area contributed by atoms with E-state index >= 15 is 0 Å². The van der Waals surface area contributed by atoms with Gasteiger partial charge >= 0.3 is 0 Å². The molecule has 174 valence electrons. The molecule has 1 nitrogen and oxygen atoms in total. The van der Waals surface area contributed by atoms with Gasteiger partial charge in [-0.2, -0.15) is 0 Å². The molecule has 0 spiro atoms. The largest absolute Gasteiger partial charge is 0.212 e. The predicted molar refractivity (Wildman–Crippen MR) is 143 cm³/mol. The number of benzene rings is 3. The Morgan fingerprint density at radius 1 is 0.657 bits per heavy atom. The van der Waals surface area contributed by atoms with E-state index in [9.17, 15) is 4.11 Å². The van der Waals surface area contributed by atoms with E-state index in [1.165, 1.54) is 12.0 Å². The molecule has 1 aromatic heterocycles. The molecular formula is C34H34N+. The molecule has 35 heavy (non-hydrogen) atoms. The molecule has 0 unspecified atom stereocenters. The molecule has 0 saturated heterocycles. The molecular weight excluding hydrogens is 422 g/mol. The van der Waals surface area contributed by atoms with Gasteiger partial charge in [0.25, 0.3) is 0 Å². The topological polar surface area (TPSA) is 3.88 Å². The Bertz CT molecular complexity index is 1580. The van der Waals surface area contributed by atoms with Crippen molar-refractivity contribution in [3.63, 3.8) is 0 Å². The van der Waals surface area contributed by atoms with Crippen LogP contribution in [0.4, 0.5) is 0 Å². The van der Waals surface area contributed by atoms with Crippen molar-refractivity contribution < 1.29 is 8.68 Å². The second-order valence-electron chi connectivity index (χ2n) is 10.6. The molecule has 1 heterocycles. The van der Waals surface area contributed by atoms with E-state index in [1.807, 2.05) is 48.5 Å². The van der Waals surface area contributed by atoms with Gasteiger partial charge in [-0.05, 0) is 83.2 Å². The second kappa shape index (κ2) is 7.92. The third-order valence-electron chi connectivity index (χ3n) is 8.42. The summed E-state index contributed by atoms with van der Waals surface area (Å²) in [6, 6.07) is 22.8. The van der Waals surface area contributed by atoms with Gasteiger partial charge in [0, 0.05) is 33.1 Å². The Morgan fingerprint density at radius 2 is 1.20 bits per heavy atom. The summed E-state index contributed by atoms with van der Waals surface area (Å²) in [7, 11) is 2.09. The first-order valence-electron chi connectivity index (χ1n) is 14.6. The summed E-state index contributed by atoms with van der Waals surface area (Å²) in [4.78, 5) is 0. The summed E-state index contributed by atoms with van der Waals surface area (Å²) in [6.07, 6.45) is 7.45. The minimum Gasteiger partial charge on any atom is -0.201 e. The fraction of sp³-hybridized carbons (Fsp3) is 0.324. The Morgan fingerprint density at radius 3 is 1.77 bits per heavy atom. The Balaban J connectivity index is 1.49. The van der Waals surface area contributed by atoms with Crippen LogP contribution in [-0.2, 0) is 7.05 Å². The van der Waals surface area contributed by atoms with Gasteiger partial charge in [-0.1, -0.05) is 73.9 Å². The lowest BCUT2D eigenvalue weighted by Crippen LogP contribution is -2.33. The maximum absolute atomic E-state index is 10.1. The molecule has 1 saturated carbocycles. The minimum absolute atomic E-state index is 0.535. The Hall–Kier alpha value is -3.19. The molecule has 0 N–H and O–H groups in total. The lowest BCUT2D eigenvalue weighted by Gasteiger charge is -2.42. The second-order valence-corrected chi connectivity index (χ2v) is 10.6. The first-order chi connectivity index (χ1) is 18.2. The molecule has 4 aliphatic rings.